The van der Waals surface area contributed by atoms with Crippen LogP contribution in [0.4, 0.5) is 0 Å². The molecule has 1 amide bonds. The number of hydrogen-bond acceptors (Lipinski definition) is 5. The predicted octanol–water partition coefficient (Wildman–Crippen LogP) is 2.49. The van der Waals surface area contributed by atoms with E-state index in [4.69, 9.17) is 17.0 Å². The van der Waals surface area contributed by atoms with Gasteiger partial charge in [0.25, 0.3) is 5.56 Å². The van der Waals surface area contributed by atoms with Crippen molar-refractivity contribution >= 4 is 40.1 Å². The maximum atomic E-state index is 13.0. The quantitative estimate of drug-likeness (QED) is 0.464. The van der Waals surface area contributed by atoms with Crippen molar-refractivity contribution in [3.63, 3.8) is 0 Å². The SMILES string of the molecule is COc1ccc2[nH]c3c(=O)n(CCCCC(=O)N4CCN(C)CC4)c(=S)[nH]c3c2c1. The van der Waals surface area contributed by atoms with Gasteiger partial charge in [-0.15, -0.1) is 0 Å². The van der Waals surface area contributed by atoms with Crippen molar-refractivity contribution in [1.82, 2.24) is 24.3 Å². The number of fused-ring (bicyclic) bond motifs is 3. The Hall–Kier alpha value is -2.65. The van der Waals surface area contributed by atoms with E-state index < -0.39 is 0 Å². The first kappa shape index (κ1) is 20.6. The van der Waals surface area contributed by atoms with Crippen LogP contribution in [-0.4, -0.2) is 70.6 Å². The number of unbranched alkanes of at least 4 members (excludes halogenated alkanes) is 1. The van der Waals surface area contributed by atoms with Gasteiger partial charge in [-0.05, 0) is 50.3 Å². The molecule has 2 aromatic heterocycles. The Morgan fingerprint density at radius 3 is 2.63 bits per heavy atom. The number of methoxy groups -OCH3 is 1. The molecule has 0 bridgehead atoms. The summed E-state index contributed by atoms with van der Waals surface area (Å²) in [7, 11) is 3.68. The number of nitrogens with one attached hydrogen (secondary N) is 2. The smallest absolute Gasteiger partial charge is 0.278 e. The number of aromatic amines is 2. The number of carbonyl (C=O) groups excluding carboxylic acids is 1. The molecule has 4 rings (SSSR count). The van der Waals surface area contributed by atoms with Crippen LogP contribution in [0.2, 0.25) is 0 Å². The summed E-state index contributed by atoms with van der Waals surface area (Å²) in [5, 5.41) is 0.873. The van der Waals surface area contributed by atoms with Crippen LogP contribution in [0.15, 0.2) is 23.0 Å². The number of benzene rings is 1. The third-order valence-electron chi connectivity index (χ3n) is 5.82. The van der Waals surface area contributed by atoms with Gasteiger partial charge >= 0.3 is 0 Å². The summed E-state index contributed by atoms with van der Waals surface area (Å²) in [4.78, 5) is 35.9. The lowest BCUT2D eigenvalue weighted by molar-refractivity contribution is -0.132. The fourth-order valence-corrected chi connectivity index (χ4v) is 4.23. The van der Waals surface area contributed by atoms with Crippen LogP contribution in [-0.2, 0) is 11.3 Å². The van der Waals surface area contributed by atoms with Crippen molar-refractivity contribution < 1.29 is 9.53 Å². The summed E-state index contributed by atoms with van der Waals surface area (Å²) in [6.07, 6.45) is 1.95. The molecule has 0 saturated carbocycles. The van der Waals surface area contributed by atoms with Crippen LogP contribution in [0.25, 0.3) is 21.9 Å². The number of likely N-dealkylation sites (N-methyl/N-ethyl adjacent to an activating group) is 1. The average Bonchev–Trinajstić information content (AvgIpc) is 3.11. The van der Waals surface area contributed by atoms with Gasteiger partial charge in [0.2, 0.25) is 5.91 Å². The van der Waals surface area contributed by atoms with Gasteiger partial charge in [-0.2, -0.15) is 0 Å². The van der Waals surface area contributed by atoms with Crippen molar-refractivity contribution in [2.45, 2.75) is 25.8 Å². The van der Waals surface area contributed by atoms with E-state index in [9.17, 15) is 9.59 Å². The molecule has 3 heterocycles. The van der Waals surface area contributed by atoms with Crippen molar-refractivity contribution in [2.75, 3.05) is 40.3 Å². The number of aromatic nitrogens is 3. The molecule has 1 saturated heterocycles. The number of ether oxygens (including phenoxy) is 1. The molecular formula is C21H27N5O3S. The lowest BCUT2D eigenvalue weighted by atomic mass is 10.2. The van der Waals surface area contributed by atoms with E-state index in [1.54, 1.807) is 11.7 Å². The molecule has 160 valence electrons. The Balaban J connectivity index is 1.45. The number of H-pyrrole nitrogens is 2. The van der Waals surface area contributed by atoms with Gasteiger partial charge in [0.05, 0.1) is 12.6 Å². The molecule has 3 aromatic rings. The maximum Gasteiger partial charge on any atom is 0.278 e. The second-order valence-electron chi connectivity index (χ2n) is 7.81. The van der Waals surface area contributed by atoms with Crippen molar-refractivity contribution in [2.24, 2.45) is 0 Å². The second kappa shape index (κ2) is 8.61. The Kier molecular flexibility index (Phi) is 5.92. The van der Waals surface area contributed by atoms with Crippen molar-refractivity contribution in [3.05, 3.63) is 33.3 Å². The van der Waals surface area contributed by atoms with E-state index in [1.807, 2.05) is 23.1 Å². The van der Waals surface area contributed by atoms with Crippen LogP contribution >= 0.6 is 12.2 Å². The number of amides is 1. The van der Waals surface area contributed by atoms with E-state index >= 15 is 0 Å². The molecule has 1 aliphatic rings. The van der Waals surface area contributed by atoms with Crippen LogP contribution in [0.5, 0.6) is 5.75 Å². The third kappa shape index (κ3) is 3.99. The van der Waals surface area contributed by atoms with Crippen LogP contribution in [0.1, 0.15) is 19.3 Å². The van der Waals surface area contributed by atoms with Crippen molar-refractivity contribution in [1.29, 1.82) is 0 Å². The zero-order valence-electron chi connectivity index (χ0n) is 17.4. The minimum absolute atomic E-state index is 0.144. The second-order valence-corrected chi connectivity index (χ2v) is 8.20. The summed E-state index contributed by atoms with van der Waals surface area (Å²) in [5.41, 5.74) is 1.90. The summed E-state index contributed by atoms with van der Waals surface area (Å²) in [6, 6.07) is 5.62. The molecule has 0 atom stereocenters. The van der Waals surface area contributed by atoms with Crippen LogP contribution < -0.4 is 10.3 Å². The van der Waals surface area contributed by atoms with E-state index in [-0.39, 0.29) is 11.5 Å². The van der Waals surface area contributed by atoms with Gasteiger partial charge in [-0.1, -0.05) is 0 Å². The normalized spacial score (nSPS) is 15.2. The first-order valence-corrected chi connectivity index (χ1v) is 10.7. The third-order valence-corrected chi connectivity index (χ3v) is 6.14. The molecule has 9 heteroatoms. The van der Waals surface area contributed by atoms with Gasteiger partial charge in [0.1, 0.15) is 11.3 Å². The fourth-order valence-electron chi connectivity index (χ4n) is 3.95. The summed E-state index contributed by atoms with van der Waals surface area (Å²) in [6.45, 7) is 3.92. The van der Waals surface area contributed by atoms with E-state index in [0.717, 1.165) is 55.7 Å². The fraction of sp³-hybridized carbons (Fsp3) is 0.476. The molecule has 0 spiro atoms. The van der Waals surface area contributed by atoms with Gasteiger partial charge in [-0.3, -0.25) is 14.2 Å². The van der Waals surface area contributed by atoms with E-state index in [2.05, 4.69) is 21.9 Å². The highest BCUT2D eigenvalue weighted by atomic mass is 32.1. The zero-order valence-corrected chi connectivity index (χ0v) is 18.2. The van der Waals surface area contributed by atoms with Gasteiger partial charge in [0.15, 0.2) is 4.77 Å². The maximum absolute atomic E-state index is 13.0. The average molecular weight is 430 g/mol. The van der Waals surface area contributed by atoms with Gasteiger partial charge in [0, 0.05) is 50.0 Å². The lowest BCUT2D eigenvalue weighted by Gasteiger charge is -2.32. The molecule has 2 N–H and O–H groups in total. The minimum atomic E-state index is -0.144. The van der Waals surface area contributed by atoms with Crippen LogP contribution in [0.3, 0.4) is 0 Å². The monoisotopic (exact) mass is 429 g/mol. The Bertz CT molecular complexity index is 1190. The highest BCUT2D eigenvalue weighted by molar-refractivity contribution is 7.71. The molecule has 1 fully saturated rings. The largest absolute Gasteiger partial charge is 0.497 e. The summed E-state index contributed by atoms with van der Waals surface area (Å²) >= 11 is 5.45. The Morgan fingerprint density at radius 2 is 1.90 bits per heavy atom. The van der Waals surface area contributed by atoms with Gasteiger partial charge in [-0.25, -0.2) is 0 Å². The highest BCUT2D eigenvalue weighted by Gasteiger charge is 2.18. The Labute approximate surface area is 179 Å². The molecule has 0 aliphatic carbocycles. The van der Waals surface area contributed by atoms with Gasteiger partial charge < -0.3 is 24.5 Å². The highest BCUT2D eigenvalue weighted by Crippen LogP contribution is 2.25. The molecule has 0 radical (unpaired) electrons. The zero-order chi connectivity index (χ0) is 21.3. The first-order chi connectivity index (χ1) is 14.5. The first-order valence-electron chi connectivity index (χ1n) is 10.3. The van der Waals surface area contributed by atoms with E-state index in [1.165, 1.54) is 0 Å². The number of piperazine rings is 1. The standard InChI is InChI=1S/C21H27N5O3S/c1-24-9-11-25(12-10-24)17(27)5-3-4-8-26-20(28)19-18(23-21(26)30)15-13-14(29-2)6-7-16(15)22-19/h6-7,13,22H,3-5,8-12H2,1-2H3,(H,23,30). The number of hydrogen-bond donors (Lipinski definition) is 2. The molecular weight excluding hydrogens is 402 g/mol. The molecule has 0 unspecified atom stereocenters. The summed E-state index contributed by atoms with van der Waals surface area (Å²) in [5.74, 6) is 0.914. The predicted molar refractivity (Wildman–Crippen MR) is 120 cm³/mol. The number of rotatable bonds is 6. The molecule has 30 heavy (non-hydrogen) atoms. The Morgan fingerprint density at radius 1 is 1.13 bits per heavy atom. The number of nitrogens with zero attached hydrogens (tertiary/aromatic N) is 3. The molecule has 1 aliphatic heterocycles. The molecule has 8 nitrogen and oxygen atoms in total. The lowest BCUT2D eigenvalue weighted by Crippen LogP contribution is -2.47. The number of carbonyl (C=O) groups is 1. The summed E-state index contributed by atoms with van der Waals surface area (Å²) < 4.78 is 7.25. The minimum Gasteiger partial charge on any atom is -0.497 e. The van der Waals surface area contributed by atoms with Crippen molar-refractivity contribution in [3.8, 4) is 5.75 Å². The molecule has 1 aromatic carbocycles. The van der Waals surface area contributed by atoms with E-state index in [0.29, 0.717) is 28.8 Å². The topological polar surface area (TPSA) is 86.4 Å². The van der Waals surface area contributed by atoms with Crippen LogP contribution in [0, 0.1) is 4.77 Å².